The standard InChI is InChI=1S/C12H12BrNO2S2/c1-9(11-6-4-8-17-11)14-18(15,16)12-7-3-2-5-10(12)13/h2-9,14H,1H3/t9-/m1/s1. The zero-order valence-corrected chi connectivity index (χ0v) is 12.8. The predicted molar refractivity (Wildman–Crippen MR) is 77.2 cm³/mol. The second-order valence-electron chi connectivity index (χ2n) is 3.79. The van der Waals surface area contributed by atoms with E-state index in [0.29, 0.717) is 4.47 Å². The molecule has 96 valence electrons. The summed E-state index contributed by atoms with van der Waals surface area (Å²) in [5, 5.41) is 1.93. The molecule has 0 aliphatic heterocycles. The van der Waals surface area contributed by atoms with Crippen LogP contribution in [0.5, 0.6) is 0 Å². The normalized spacial score (nSPS) is 13.4. The van der Waals surface area contributed by atoms with Crippen LogP contribution >= 0.6 is 27.3 Å². The first kappa shape index (κ1) is 13.7. The van der Waals surface area contributed by atoms with Gasteiger partial charge < -0.3 is 0 Å². The molecule has 0 spiro atoms. The number of hydrogen-bond donors (Lipinski definition) is 1. The van der Waals surface area contributed by atoms with Crippen LogP contribution in [0.1, 0.15) is 17.8 Å². The lowest BCUT2D eigenvalue weighted by molar-refractivity contribution is 0.568. The largest absolute Gasteiger partial charge is 0.242 e. The van der Waals surface area contributed by atoms with Gasteiger partial charge in [0.25, 0.3) is 0 Å². The minimum absolute atomic E-state index is 0.234. The molecule has 18 heavy (non-hydrogen) atoms. The molecule has 1 atom stereocenters. The highest BCUT2D eigenvalue weighted by molar-refractivity contribution is 9.10. The topological polar surface area (TPSA) is 46.2 Å². The highest BCUT2D eigenvalue weighted by Crippen LogP contribution is 2.24. The zero-order valence-electron chi connectivity index (χ0n) is 9.63. The lowest BCUT2D eigenvalue weighted by Gasteiger charge is -2.13. The molecule has 0 aliphatic rings. The summed E-state index contributed by atoms with van der Waals surface area (Å²) in [5.41, 5.74) is 0. The molecule has 2 rings (SSSR count). The lowest BCUT2D eigenvalue weighted by atomic mass is 10.3. The van der Waals surface area contributed by atoms with Crippen molar-refractivity contribution in [2.24, 2.45) is 0 Å². The fourth-order valence-electron chi connectivity index (χ4n) is 1.55. The minimum Gasteiger partial charge on any atom is -0.207 e. The molecule has 0 saturated heterocycles. The van der Waals surface area contributed by atoms with Crippen molar-refractivity contribution in [3.63, 3.8) is 0 Å². The molecule has 0 amide bonds. The second-order valence-corrected chi connectivity index (χ2v) is 7.30. The molecule has 1 N–H and O–H groups in total. The number of benzene rings is 1. The first-order chi connectivity index (χ1) is 8.50. The molecule has 1 aromatic heterocycles. The smallest absolute Gasteiger partial charge is 0.207 e. The Morgan fingerprint density at radius 1 is 1.22 bits per heavy atom. The SMILES string of the molecule is C[C@@H](NS(=O)(=O)c1ccccc1Br)c1cccs1. The number of rotatable bonds is 4. The van der Waals surface area contributed by atoms with Crippen LogP contribution in [-0.4, -0.2) is 8.42 Å². The van der Waals surface area contributed by atoms with Gasteiger partial charge in [0.2, 0.25) is 10.0 Å². The van der Waals surface area contributed by atoms with Crippen molar-refractivity contribution in [2.45, 2.75) is 17.9 Å². The maximum atomic E-state index is 12.2. The van der Waals surface area contributed by atoms with Gasteiger partial charge in [0, 0.05) is 9.35 Å². The predicted octanol–water partition coefficient (Wildman–Crippen LogP) is 3.55. The molecule has 1 heterocycles. The Labute approximate surface area is 119 Å². The Kier molecular flexibility index (Phi) is 4.21. The van der Waals surface area contributed by atoms with Gasteiger partial charge in [0.1, 0.15) is 0 Å². The van der Waals surface area contributed by atoms with Crippen molar-refractivity contribution in [1.29, 1.82) is 0 Å². The Morgan fingerprint density at radius 3 is 2.56 bits per heavy atom. The molecule has 0 radical (unpaired) electrons. The fraction of sp³-hybridized carbons (Fsp3) is 0.167. The highest BCUT2D eigenvalue weighted by atomic mass is 79.9. The molecule has 2 aromatic rings. The molecular formula is C12H12BrNO2S2. The average Bonchev–Trinajstić information content (AvgIpc) is 2.82. The minimum atomic E-state index is -3.51. The van der Waals surface area contributed by atoms with Gasteiger partial charge in [-0.05, 0) is 46.4 Å². The second kappa shape index (κ2) is 5.52. The first-order valence-corrected chi connectivity index (χ1v) is 8.46. The van der Waals surface area contributed by atoms with Gasteiger partial charge in [-0.2, -0.15) is 0 Å². The zero-order chi connectivity index (χ0) is 13.2. The van der Waals surface area contributed by atoms with Crippen LogP contribution in [-0.2, 0) is 10.0 Å². The van der Waals surface area contributed by atoms with Crippen molar-refractivity contribution in [3.05, 3.63) is 51.1 Å². The molecular weight excluding hydrogens is 334 g/mol. The van der Waals surface area contributed by atoms with Crippen LogP contribution < -0.4 is 4.72 Å². The molecule has 6 heteroatoms. The first-order valence-electron chi connectivity index (χ1n) is 5.31. The van der Waals surface area contributed by atoms with E-state index >= 15 is 0 Å². The summed E-state index contributed by atoms with van der Waals surface area (Å²) in [6.07, 6.45) is 0. The van der Waals surface area contributed by atoms with Crippen LogP contribution in [0.2, 0.25) is 0 Å². The summed E-state index contributed by atoms with van der Waals surface area (Å²) in [6.45, 7) is 1.83. The summed E-state index contributed by atoms with van der Waals surface area (Å²) >= 11 is 4.79. The molecule has 0 saturated carbocycles. The lowest BCUT2D eigenvalue weighted by Crippen LogP contribution is -2.26. The van der Waals surface area contributed by atoms with Gasteiger partial charge in [-0.15, -0.1) is 11.3 Å². The molecule has 0 fully saturated rings. The van der Waals surface area contributed by atoms with Gasteiger partial charge in [-0.1, -0.05) is 18.2 Å². The van der Waals surface area contributed by atoms with E-state index in [4.69, 9.17) is 0 Å². The Hall–Kier alpha value is -0.690. The van der Waals surface area contributed by atoms with Crippen molar-refractivity contribution in [3.8, 4) is 0 Å². The van der Waals surface area contributed by atoms with Gasteiger partial charge in [0.15, 0.2) is 0 Å². The number of sulfonamides is 1. The third-order valence-corrected chi connectivity index (χ3v) is 6.04. The fourth-order valence-corrected chi connectivity index (χ4v) is 4.59. The van der Waals surface area contributed by atoms with E-state index in [0.717, 1.165) is 4.88 Å². The Balaban J connectivity index is 2.26. The van der Waals surface area contributed by atoms with E-state index in [1.54, 1.807) is 24.3 Å². The Bertz CT molecular complexity index is 623. The quantitative estimate of drug-likeness (QED) is 0.920. The van der Waals surface area contributed by atoms with Gasteiger partial charge >= 0.3 is 0 Å². The van der Waals surface area contributed by atoms with Gasteiger partial charge in [-0.3, -0.25) is 0 Å². The summed E-state index contributed by atoms with van der Waals surface area (Å²) in [7, 11) is -3.51. The molecule has 0 aliphatic carbocycles. The van der Waals surface area contributed by atoms with Crippen molar-refractivity contribution < 1.29 is 8.42 Å². The van der Waals surface area contributed by atoms with Gasteiger partial charge in [-0.25, -0.2) is 13.1 Å². The van der Waals surface area contributed by atoms with E-state index in [9.17, 15) is 8.42 Å². The van der Waals surface area contributed by atoms with E-state index in [1.165, 1.54) is 11.3 Å². The van der Waals surface area contributed by atoms with Crippen molar-refractivity contribution >= 4 is 37.3 Å². The molecule has 0 unspecified atom stereocenters. The number of hydrogen-bond acceptors (Lipinski definition) is 3. The van der Waals surface area contributed by atoms with Crippen molar-refractivity contribution in [2.75, 3.05) is 0 Å². The van der Waals surface area contributed by atoms with Crippen LogP contribution in [0.25, 0.3) is 0 Å². The third-order valence-electron chi connectivity index (χ3n) is 2.43. The molecule has 3 nitrogen and oxygen atoms in total. The van der Waals surface area contributed by atoms with Crippen LogP contribution in [0.4, 0.5) is 0 Å². The average molecular weight is 346 g/mol. The van der Waals surface area contributed by atoms with Crippen molar-refractivity contribution in [1.82, 2.24) is 4.72 Å². The highest BCUT2D eigenvalue weighted by Gasteiger charge is 2.20. The maximum absolute atomic E-state index is 12.2. The number of nitrogens with one attached hydrogen (secondary N) is 1. The van der Waals surface area contributed by atoms with E-state index < -0.39 is 10.0 Å². The summed E-state index contributed by atoms with van der Waals surface area (Å²) in [5.74, 6) is 0. The van der Waals surface area contributed by atoms with Crippen LogP contribution in [0.15, 0.2) is 51.1 Å². The van der Waals surface area contributed by atoms with E-state index in [-0.39, 0.29) is 10.9 Å². The number of thiophene rings is 1. The molecule has 1 aromatic carbocycles. The Morgan fingerprint density at radius 2 is 1.94 bits per heavy atom. The molecule has 0 bridgehead atoms. The maximum Gasteiger partial charge on any atom is 0.242 e. The summed E-state index contributed by atoms with van der Waals surface area (Å²) in [4.78, 5) is 1.25. The van der Waals surface area contributed by atoms with Crippen LogP contribution in [0.3, 0.4) is 0 Å². The van der Waals surface area contributed by atoms with Crippen LogP contribution in [0, 0.1) is 0 Å². The van der Waals surface area contributed by atoms with E-state index in [1.807, 2.05) is 24.4 Å². The number of halogens is 1. The van der Waals surface area contributed by atoms with E-state index in [2.05, 4.69) is 20.7 Å². The van der Waals surface area contributed by atoms with Gasteiger partial charge in [0.05, 0.1) is 10.9 Å². The summed E-state index contributed by atoms with van der Waals surface area (Å²) in [6, 6.07) is 10.4. The summed E-state index contributed by atoms with van der Waals surface area (Å²) < 4.78 is 27.7. The third kappa shape index (κ3) is 3.00. The monoisotopic (exact) mass is 345 g/mol.